The topological polar surface area (TPSA) is 91.8 Å². The molecule has 2 atom stereocenters. The van der Waals surface area contributed by atoms with E-state index in [0.29, 0.717) is 30.4 Å². The van der Waals surface area contributed by atoms with E-state index in [9.17, 15) is 4.79 Å². The first-order valence-electron chi connectivity index (χ1n) is 9.38. The summed E-state index contributed by atoms with van der Waals surface area (Å²) in [6, 6.07) is 5.55. The second-order valence-electron chi connectivity index (χ2n) is 7.72. The standard InChI is InChI=1S/C20H27N3O5/c1-20(2,3)28-19(24)22-13-8-9-14(26-11-13)12-27-16-7-5-6-15-18(16)23-17(25-4)10-21-15/h5-7,10,13-14H,8-9,11-12H2,1-4H3,(H,22,24)/t13-,14+/m1/s1. The molecule has 0 unspecified atom stereocenters. The summed E-state index contributed by atoms with van der Waals surface area (Å²) < 4.78 is 22.2. The number of nitrogens with one attached hydrogen (secondary N) is 1. The van der Waals surface area contributed by atoms with Crippen molar-refractivity contribution in [1.29, 1.82) is 0 Å². The first-order valence-corrected chi connectivity index (χ1v) is 9.38. The van der Waals surface area contributed by atoms with Crippen molar-refractivity contribution in [2.75, 3.05) is 20.3 Å². The Hall–Kier alpha value is -2.61. The van der Waals surface area contributed by atoms with Crippen molar-refractivity contribution >= 4 is 17.1 Å². The molecule has 0 bridgehead atoms. The number of ether oxygens (including phenoxy) is 4. The van der Waals surface area contributed by atoms with Crippen molar-refractivity contribution in [1.82, 2.24) is 15.3 Å². The summed E-state index contributed by atoms with van der Waals surface area (Å²) in [6.45, 7) is 6.34. The van der Waals surface area contributed by atoms with E-state index in [1.807, 2.05) is 39.0 Å². The second kappa shape index (κ2) is 8.60. The molecular weight excluding hydrogens is 362 g/mol. The van der Waals surface area contributed by atoms with Gasteiger partial charge in [-0.15, -0.1) is 0 Å². The zero-order valence-corrected chi connectivity index (χ0v) is 16.7. The summed E-state index contributed by atoms with van der Waals surface area (Å²) in [5.74, 6) is 1.08. The largest absolute Gasteiger partial charge is 0.489 e. The van der Waals surface area contributed by atoms with Crippen LogP contribution in [0.25, 0.3) is 11.0 Å². The number of carbonyl (C=O) groups excluding carboxylic acids is 1. The van der Waals surface area contributed by atoms with Crippen LogP contribution in [0.15, 0.2) is 24.4 Å². The summed E-state index contributed by atoms with van der Waals surface area (Å²) >= 11 is 0. The van der Waals surface area contributed by atoms with Gasteiger partial charge < -0.3 is 24.3 Å². The second-order valence-corrected chi connectivity index (χ2v) is 7.72. The molecule has 8 heteroatoms. The van der Waals surface area contributed by atoms with E-state index in [0.717, 1.165) is 18.4 Å². The molecule has 0 saturated carbocycles. The number of alkyl carbamates (subject to hydrolysis) is 1. The number of nitrogens with zero attached hydrogens (tertiary/aromatic N) is 2. The van der Waals surface area contributed by atoms with Crippen molar-refractivity contribution in [2.45, 2.75) is 51.4 Å². The Morgan fingerprint density at radius 3 is 2.82 bits per heavy atom. The molecule has 0 radical (unpaired) electrons. The van der Waals surface area contributed by atoms with Gasteiger partial charge in [-0.05, 0) is 45.7 Å². The van der Waals surface area contributed by atoms with E-state index in [4.69, 9.17) is 18.9 Å². The lowest BCUT2D eigenvalue weighted by molar-refractivity contribution is -0.0283. The number of fused-ring (bicyclic) bond motifs is 1. The quantitative estimate of drug-likeness (QED) is 0.840. The summed E-state index contributed by atoms with van der Waals surface area (Å²) in [7, 11) is 1.55. The fourth-order valence-electron chi connectivity index (χ4n) is 2.91. The van der Waals surface area contributed by atoms with Crippen molar-refractivity contribution in [2.24, 2.45) is 0 Å². The minimum Gasteiger partial charge on any atom is -0.489 e. The molecule has 0 aliphatic carbocycles. The lowest BCUT2D eigenvalue weighted by Gasteiger charge is -2.30. The number of aromatic nitrogens is 2. The monoisotopic (exact) mass is 389 g/mol. The normalized spacial score (nSPS) is 19.9. The molecule has 8 nitrogen and oxygen atoms in total. The Morgan fingerprint density at radius 1 is 1.32 bits per heavy atom. The highest BCUT2D eigenvalue weighted by Crippen LogP contribution is 2.25. The highest BCUT2D eigenvalue weighted by atomic mass is 16.6. The zero-order valence-electron chi connectivity index (χ0n) is 16.7. The number of benzene rings is 1. The maximum Gasteiger partial charge on any atom is 0.407 e. The number of para-hydroxylation sites is 1. The molecule has 3 rings (SSSR count). The van der Waals surface area contributed by atoms with E-state index in [1.165, 1.54) is 0 Å². The van der Waals surface area contributed by atoms with E-state index in [-0.39, 0.29) is 12.1 Å². The first kappa shape index (κ1) is 20.1. The number of amides is 1. The van der Waals surface area contributed by atoms with Gasteiger partial charge in [0, 0.05) is 0 Å². The molecule has 1 saturated heterocycles. The van der Waals surface area contributed by atoms with Gasteiger partial charge in [0.25, 0.3) is 0 Å². The van der Waals surface area contributed by atoms with Crippen molar-refractivity contribution in [3.8, 4) is 11.6 Å². The summed E-state index contributed by atoms with van der Waals surface area (Å²) in [5.41, 5.74) is 0.881. The van der Waals surface area contributed by atoms with Crippen LogP contribution in [-0.4, -0.2) is 54.1 Å². The third-order valence-corrected chi connectivity index (χ3v) is 4.24. The Kier molecular flexibility index (Phi) is 6.18. The zero-order chi connectivity index (χ0) is 20.1. The first-order chi connectivity index (χ1) is 13.3. The Balaban J connectivity index is 1.51. The lowest BCUT2D eigenvalue weighted by atomic mass is 10.1. The summed E-state index contributed by atoms with van der Waals surface area (Å²) in [5, 5.41) is 2.85. The molecule has 1 aliphatic rings. The van der Waals surface area contributed by atoms with Crippen LogP contribution in [-0.2, 0) is 9.47 Å². The van der Waals surface area contributed by atoms with E-state index >= 15 is 0 Å². The Morgan fingerprint density at radius 2 is 2.14 bits per heavy atom. The highest BCUT2D eigenvalue weighted by Gasteiger charge is 2.25. The molecule has 1 N–H and O–H groups in total. The predicted molar refractivity (Wildman–Crippen MR) is 104 cm³/mol. The van der Waals surface area contributed by atoms with E-state index in [2.05, 4.69) is 15.3 Å². The maximum absolute atomic E-state index is 11.9. The molecule has 1 amide bonds. The predicted octanol–water partition coefficient (Wildman–Crippen LogP) is 3.09. The van der Waals surface area contributed by atoms with Crippen LogP contribution in [0.1, 0.15) is 33.6 Å². The SMILES string of the molecule is COc1cnc2cccc(OC[C@@H]3CC[C@@H](NC(=O)OC(C)(C)C)CO3)c2n1. The molecule has 1 aromatic heterocycles. The summed E-state index contributed by atoms with van der Waals surface area (Å²) in [4.78, 5) is 20.6. The van der Waals surface area contributed by atoms with E-state index in [1.54, 1.807) is 13.3 Å². The minimum atomic E-state index is -0.514. The van der Waals surface area contributed by atoms with E-state index < -0.39 is 11.7 Å². The van der Waals surface area contributed by atoms with Gasteiger partial charge in [-0.25, -0.2) is 14.8 Å². The van der Waals surface area contributed by atoms with Crippen LogP contribution < -0.4 is 14.8 Å². The van der Waals surface area contributed by atoms with Crippen LogP contribution in [0.4, 0.5) is 4.79 Å². The van der Waals surface area contributed by atoms with Gasteiger partial charge in [-0.2, -0.15) is 0 Å². The van der Waals surface area contributed by atoms with Crippen molar-refractivity contribution < 1.29 is 23.7 Å². The lowest BCUT2D eigenvalue weighted by Crippen LogP contribution is -2.45. The Bertz CT molecular complexity index is 813. The number of methoxy groups -OCH3 is 1. The fourth-order valence-corrected chi connectivity index (χ4v) is 2.91. The number of hydrogen-bond donors (Lipinski definition) is 1. The van der Waals surface area contributed by atoms with Crippen LogP contribution in [0.5, 0.6) is 11.6 Å². The van der Waals surface area contributed by atoms with Crippen LogP contribution >= 0.6 is 0 Å². The Labute approximate surface area is 164 Å². The average molecular weight is 389 g/mol. The molecule has 0 spiro atoms. The minimum absolute atomic E-state index is 0.0505. The molecule has 28 heavy (non-hydrogen) atoms. The number of hydrogen-bond acceptors (Lipinski definition) is 7. The molecule has 2 aromatic rings. The van der Waals surface area contributed by atoms with Gasteiger partial charge in [0.15, 0.2) is 0 Å². The average Bonchev–Trinajstić information content (AvgIpc) is 2.65. The van der Waals surface area contributed by atoms with Crippen LogP contribution in [0, 0.1) is 0 Å². The molecule has 1 fully saturated rings. The third-order valence-electron chi connectivity index (χ3n) is 4.24. The molecular formula is C20H27N3O5. The molecule has 1 aromatic carbocycles. The number of rotatable bonds is 5. The van der Waals surface area contributed by atoms with Gasteiger partial charge in [-0.3, -0.25) is 0 Å². The molecule has 152 valence electrons. The maximum atomic E-state index is 11.9. The van der Waals surface area contributed by atoms with Gasteiger partial charge in [0.1, 0.15) is 23.5 Å². The molecule has 1 aliphatic heterocycles. The van der Waals surface area contributed by atoms with Crippen molar-refractivity contribution in [3.63, 3.8) is 0 Å². The van der Waals surface area contributed by atoms with Gasteiger partial charge >= 0.3 is 6.09 Å². The molecule has 2 heterocycles. The highest BCUT2D eigenvalue weighted by molar-refractivity contribution is 5.81. The van der Waals surface area contributed by atoms with Gasteiger partial charge in [0.2, 0.25) is 5.88 Å². The fraction of sp³-hybridized carbons (Fsp3) is 0.550. The summed E-state index contributed by atoms with van der Waals surface area (Å²) in [6.07, 6.45) is 2.69. The van der Waals surface area contributed by atoms with Crippen LogP contribution in [0.3, 0.4) is 0 Å². The van der Waals surface area contributed by atoms with Crippen molar-refractivity contribution in [3.05, 3.63) is 24.4 Å². The van der Waals surface area contributed by atoms with Gasteiger partial charge in [-0.1, -0.05) is 6.07 Å². The smallest absolute Gasteiger partial charge is 0.407 e. The van der Waals surface area contributed by atoms with Crippen LogP contribution in [0.2, 0.25) is 0 Å². The number of carbonyl (C=O) groups is 1. The van der Waals surface area contributed by atoms with Gasteiger partial charge in [0.05, 0.1) is 37.6 Å². The third kappa shape index (κ3) is 5.45.